The molecule has 1 aliphatic heterocycles. The van der Waals surface area contributed by atoms with E-state index in [9.17, 15) is 9.90 Å². The van der Waals surface area contributed by atoms with Crippen molar-refractivity contribution in [2.75, 3.05) is 32.1 Å². The van der Waals surface area contributed by atoms with Crippen molar-refractivity contribution < 1.29 is 9.90 Å². The van der Waals surface area contributed by atoms with Gasteiger partial charge in [-0.2, -0.15) is 0 Å². The molecule has 1 aromatic rings. The lowest BCUT2D eigenvalue weighted by atomic mass is 10.1. The van der Waals surface area contributed by atoms with E-state index in [0.717, 1.165) is 37.2 Å². The van der Waals surface area contributed by atoms with Crippen LogP contribution in [-0.2, 0) is 0 Å². The number of aromatic nitrogens is 1. The van der Waals surface area contributed by atoms with Crippen LogP contribution in [0, 0.1) is 13.8 Å². The molecule has 1 unspecified atom stereocenters. The number of likely N-dealkylation sites (N-methyl/N-ethyl adjacent to an activating group) is 1. The van der Waals surface area contributed by atoms with E-state index in [-0.39, 0.29) is 0 Å². The number of carboxylic acid groups (broad SMARTS) is 1. The highest BCUT2D eigenvalue weighted by Gasteiger charge is 2.30. The van der Waals surface area contributed by atoms with Crippen molar-refractivity contribution in [1.29, 1.82) is 0 Å². The average Bonchev–Trinajstić information content (AvgIpc) is 2.74. The van der Waals surface area contributed by atoms with E-state index in [4.69, 9.17) is 0 Å². The molecule has 2 rings (SSSR count). The van der Waals surface area contributed by atoms with Gasteiger partial charge in [0.05, 0.1) is 0 Å². The lowest BCUT2D eigenvalue weighted by Crippen LogP contribution is -2.39. The SMILES string of the molecule is Cc1cc(C)c(C(=O)O)c(N2CCCC2CN(C)C)n1. The first-order valence-corrected chi connectivity index (χ1v) is 7.03. The second-order valence-corrected chi connectivity index (χ2v) is 5.84. The molecular formula is C15H23N3O2. The molecule has 1 atom stereocenters. The second kappa shape index (κ2) is 5.79. The minimum absolute atomic E-state index is 0.344. The van der Waals surface area contributed by atoms with Crippen molar-refractivity contribution in [1.82, 2.24) is 9.88 Å². The lowest BCUT2D eigenvalue weighted by molar-refractivity contribution is 0.0696. The number of nitrogens with zero attached hydrogens (tertiary/aromatic N) is 3. The van der Waals surface area contributed by atoms with Crippen LogP contribution in [0.3, 0.4) is 0 Å². The molecule has 0 radical (unpaired) electrons. The minimum atomic E-state index is -0.888. The van der Waals surface area contributed by atoms with E-state index in [2.05, 4.69) is 14.8 Å². The lowest BCUT2D eigenvalue weighted by Gasteiger charge is -2.29. The molecule has 0 aromatic carbocycles. The van der Waals surface area contributed by atoms with Crippen LogP contribution in [-0.4, -0.2) is 54.2 Å². The monoisotopic (exact) mass is 277 g/mol. The Hall–Kier alpha value is -1.62. The summed E-state index contributed by atoms with van der Waals surface area (Å²) in [7, 11) is 4.09. The number of carboxylic acids is 1. The van der Waals surface area contributed by atoms with Crippen molar-refractivity contribution in [3.05, 3.63) is 22.9 Å². The van der Waals surface area contributed by atoms with Crippen molar-refractivity contribution in [2.24, 2.45) is 0 Å². The fourth-order valence-electron chi connectivity index (χ4n) is 3.02. The van der Waals surface area contributed by atoms with E-state index < -0.39 is 5.97 Å². The van der Waals surface area contributed by atoms with Gasteiger partial charge in [0, 0.05) is 24.8 Å². The molecule has 0 saturated carbocycles. The van der Waals surface area contributed by atoms with Gasteiger partial charge in [0.1, 0.15) is 11.4 Å². The van der Waals surface area contributed by atoms with E-state index in [1.54, 1.807) is 0 Å². The largest absolute Gasteiger partial charge is 0.478 e. The summed E-state index contributed by atoms with van der Waals surface area (Å²) in [4.78, 5) is 20.4. The Bertz CT molecular complexity index is 514. The van der Waals surface area contributed by atoms with Crippen LogP contribution >= 0.6 is 0 Å². The topological polar surface area (TPSA) is 56.7 Å². The van der Waals surface area contributed by atoms with Gasteiger partial charge in [-0.05, 0) is 52.4 Å². The van der Waals surface area contributed by atoms with Gasteiger partial charge >= 0.3 is 5.97 Å². The number of pyridine rings is 1. The van der Waals surface area contributed by atoms with Gasteiger partial charge in [0.15, 0.2) is 0 Å². The van der Waals surface area contributed by atoms with Crippen molar-refractivity contribution in [3.63, 3.8) is 0 Å². The third-order valence-electron chi connectivity index (χ3n) is 3.76. The maximum absolute atomic E-state index is 11.6. The molecule has 1 fully saturated rings. The van der Waals surface area contributed by atoms with Crippen LogP contribution < -0.4 is 4.90 Å². The number of aromatic carboxylic acids is 1. The second-order valence-electron chi connectivity index (χ2n) is 5.84. The first-order chi connectivity index (χ1) is 9.40. The Balaban J connectivity index is 2.43. The first-order valence-electron chi connectivity index (χ1n) is 7.03. The fourth-order valence-corrected chi connectivity index (χ4v) is 3.02. The van der Waals surface area contributed by atoms with Crippen LogP contribution in [0.4, 0.5) is 5.82 Å². The maximum Gasteiger partial charge on any atom is 0.339 e. The number of hydrogen-bond donors (Lipinski definition) is 1. The molecule has 1 aromatic heterocycles. The quantitative estimate of drug-likeness (QED) is 0.911. The Morgan fingerprint density at radius 1 is 1.50 bits per heavy atom. The summed E-state index contributed by atoms with van der Waals surface area (Å²) in [5, 5.41) is 9.49. The van der Waals surface area contributed by atoms with Crippen LogP contribution in [0.15, 0.2) is 6.07 Å². The van der Waals surface area contributed by atoms with Gasteiger partial charge < -0.3 is 14.9 Å². The van der Waals surface area contributed by atoms with Gasteiger partial charge in [-0.3, -0.25) is 0 Å². The molecule has 110 valence electrons. The molecule has 1 aliphatic rings. The van der Waals surface area contributed by atoms with Crippen molar-refractivity contribution in [3.8, 4) is 0 Å². The molecule has 0 amide bonds. The van der Waals surface area contributed by atoms with E-state index in [1.165, 1.54) is 0 Å². The zero-order valence-corrected chi connectivity index (χ0v) is 12.7. The van der Waals surface area contributed by atoms with E-state index >= 15 is 0 Å². The standard InChI is InChI=1S/C15H23N3O2/c1-10-8-11(2)16-14(13(10)15(19)20)18-7-5-6-12(18)9-17(3)4/h8,12H,5-7,9H2,1-4H3,(H,19,20). The molecule has 20 heavy (non-hydrogen) atoms. The number of rotatable bonds is 4. The Kier molecular flexibility index (Phi) is 4.28. The highest BCUT2D eigenvalue weighted by Crippen LogP contribution is 2.29. The molecule has 2 heterocycles. The molecule has 5 nitrogen and oxygen atoms in total. The maximum atomic E-state index is 11.6. The Morgan fingerprint density at radius 2 is 2.20 bits per heavy atom. The van der Waals surface area contributed by atoms with Crippen molar-refractivity contribution >= 4 is 11.8 Å². The summed E-state index contributed by atoms with van der Waals surface area (Å²) in [5.41, 5.74) is 2.01. The fraction of sp³-hybridized carbons (Fsp3) is 0.600. The van der Waals surface area contributed by atoms with Crippen LogP contribution in [0.1, 0.15) is 34.5 Å². The molecule has 0 aliphatic carbocycles. The molecular weight excluding hydrogens is 254 g/mol. The molecule has 1 N–H and O–H groups in total. The van der Waals surface area contributed by atoms with Crippen LogP contribution in [0.5, 0.6) is 0 Å². The normalized spacial score (nSPS) is 18.9. The van der Waals surface area contributed by atoms with Crippen LogP contribution in [0.2, 0.25) is 0 Å². The summed E-state index contributed by atoms with van der Waals surface area (Å²) < 4.78 is 0. The zero-order chi connectivity index (χ0) is 14.9. The highest BCUT2D eigenvalue weighted by atomic mass is 16.4. The molecule has 5 heteroatoms. The number of hydrogen-bond acceptors (Lipinski definition) is 4. The van der Waals surface area contributed by atoms with Gasteiger partial charge in [0.25, 0.3) is 0 Å². The summed E-state index contributed by atoms with van der Waals surface area (Å²) in [6, 6.07) is 2.18. The van der Waals surface area contributed by atoms with E-state index in [1.807, 2.05) is 34.0 Å². The smallest absolute Gasteiger partial charge is 0.339 e. The number of aryl methyl sites for hydroxylation is 2. The molecule has 1 saturated heterocycles. The van der Waals surface area contributed by atoms with Crippen molar-refractivity contribution in [2.45, 2.75) is 32.7 Å². The van der Waals surface area contributed by atoms with Gasteiger partial charge in [0.2, 0.25) is 0 Å². The summed E-state index contributed by atoms with van der Waals surface area (Å²) in [6.07, 6.45) is 2.18. The zero-order valence-electron chi connectivity index (χ0n) is 12.7. The number of carbonyl (C=O) groups is 1. The van der Waals surface area contributed by atoms with E-state index in [0.29, 0.717) is 17.4 Å². The number of anilines is 1. The first kappa shape index (κ1) is 14.8. The van der Waals surface area contributed by atoms with Gasteiger partial charge in [-0.1, -0.05) is 0 Å². The van der Waals surface area contributed by atoms with Gasteiger partial charge in [-0.15, -0.1) is 0 Å². The average molecular weight is 277 g/mol. The molecule has 0 bridgehead atoms. The Labute approximate surface area is 120 Å². The summed E-state index contributed by atoms with van der Waals surface area (Å²) in [5.74, 6) is -0.250. The minimum Gasteiger partial charge on any atom is -0.478 e. The summed E-state index contributed by atoms with van der Waals surface area (Å²) >= 11 is 0. The third-order valence-corrected chi connectivity index (χ3v) is 3.76. The predicted octanol–water partition coefficient (Wildman–Crippen LogP) is 1.93. The Morgan fingerprint density at radius 3 is 2.80 bits per heavy atom. The summed E-state index contributed by atoms with van der Waals surface area (Å²) in [6.45, 7) is 5.57. The van der Waals surface area contributed by atoms with Crippen LogP contribution in [0.25, 0.3) is 0 Å². The third kappa shape index (κ3) is 2.93. The highest BCUT2D eigenvalue weighted by molar-refractivity contribution is 5.95. The molecule has 0 spiro atoms. The predicted molar refractivity (Wildman–Crippen MR) is 79.6 cm³/mol. The van der Waals surface area contributed by atoms with Gasteiger partial charge in [-0.25, -0.2) is 9.78 Å².